The summed E-state index contributed by atoms with van der Waals surface area (Å²) in [5, 5.41) is 10.8. The Balaban J connectivity index is 2.55. The smallest absolute Gasteiger partial charge is 0.258 e. The molecular formula is C11H15Br2N3O5S2. The van der Waals surface area contributed by atoms with Crippen LogP contribution in [0.2, 0.25) is 0 Å². The van der Waals surface area contributed by atoms with Crippen LogP contribution in [0.3, 0.4) is 0 Å². The lowest BCUT2D eigenvalue weighted by molar-refractivity contribution is 0.00835. The number of nitrogens with zero attached hydrogens (tertiary/aromatic N) is 2. The van der Waals surface area contributed by atoms with Gasteiger partial charge in [0.05, 0.1) is 28.5 Å². The van der Waals surface area contributed by atoms with Crippen LogP contribution < -0.4 is 5.84 Å². The minimum Gasteiger partial charge on any atom is -0.390 e. The first-order valence-corrected chi connectivity index (χ1v) is 11.2. The highest BCUT2D eigenvalue weighted by Gasteiger charge is 2.46. The first-order chi connectivity index (χ1) is 10.5. The van der Waals surface area contributed by atoms with Gasteiger partial charge < -0.3 is 5.11 Å². The molecule has 8 nitrogen and oxygen atoms in total. The van der Waals surface area contributed by atoms with E-state index < -0.39 is 43.5 Å². The Hall–Kier alpha value is -0.0800. The molecule has 2 rings (SSSR count). The van der Waals surface area contributed by atoms with Crippen LogP contribution in [0.5, 0.6) is 0 Å². The van der Waals surface area contributed by atoms with E-state index in [1.807, 2.05) is 0 Å². The van der Waals surface area contributed by atoms with Crippen LogP contribution in [-0.4, -0.2) is 62.2 Å². The molecule has 0 unspecified atom stereocenters. The lowest BCUT2D eigenvalue weighted by Gasteiger charge is -2.33. The Morgan fingerprint density at radius 2 is 1.91 bits per heavy atom. The fourth-order valence-electron chi connectivity index (χ4n) is 2.38. The van der Waals surface area contributed by atoms with Crippen molar-refractivity contribution in [1.82, 2.24) is 9.53 Å². The number of hydrogen-bond acceptors (Lipinski definition) is 7. The molecule has 130 valence electrons. The van der Waals surface area contributed by atoms with Crippen molar-refractivity contribution in [2.24, 2.45) is 5.84 Å². The Morgan fingerprint density at radius 1 is 1.30 bits per heavy atom. The van der Waals surface area contributed by atoms with E-state index in [1.54, 1.807) is 6.07 Å². The van der Waals surface area contributed by atoms with Crippen LogP contribution in [0.4, 0.5) is 0 Å². The van der Waals surface area contributed by atoms with E-state index in [4.69, 9.17) is 5.84 Å². The number of hydrogen-bond donors (Lipinski definition) is 2. The summed E-state index contributed by atoms with van der Waals surface area (Å²) in [6.07, 6.45) is -1.35. The lowest BCUT2D eigenvalue weighted by Crippen LogP contribution is -2.57. The molecule has 1 aliphatic rings. The summed E-state index contributed by atoms with van der Waals surface area (Å²) in [6, 6.07) is 3.36. The molecule has 0 amide bonds. The first-order valence-electron chi connectivity index (χ1n) is 6.32. The van der Waals surface area contributed by atoms with Gasteiger partial charge in [-0.2, -0.15) is 5.12 Å². The summed E-state index contributed by atoms with van der Waals surface area (Å²) in [5.74, 6) is 4.62. The van der Waals surface area contributed by atoms with Crippen molar-refractivity contribution in [2.45, 2.75) is 17.0 Å². The molecule has 1 saturated heterocycles. The van der Waals surface area contributed by atoms with E-state index in [9.17, 15) is 21.9 Å². The third-order valence-electron chi connectivity index (χ3n) is 3.31. The topological polar surface area (TPSA) is 121 Å². The van der Waals surface area contributed by atoms with Gasteiger partial charge in [-0.1, -0.05) is 15.9 Å². The van der Waals surface area contributed by atoms with Gasteiger partial charge in [-0.3, -0.25) is 5.84 Å². The quantitative estimate of drug-likeness (QED) is 0.451. The number of aliphatic hydroxyl groups excluding tert-OH is 1. The minimum absolute atomic E-state index is 0.0966. The average Bonchev–Trinajstić information content (AvgIpc) is 2.65. The maximum absolute atomic E-state index is 12.9. The van der Waals surface area contributed by atoms with Crippen molar-refractivity contribution in [1.29, 1.82) is 0 Å². The number of rotatable bonds is 4. The monoisotopic (exact) mass is 491 g/mol. The maximum atomic E-state index is 12.9. The minimum atomic E-state index is -4.19. The van der Waals surface area contributed by atoms with Crippen molar-refractivity contribution in [3.63, 3.8) is 0 Å². The predicted octanol–water partition coefficient (Wildman–Crippen LogP) is 0.0807. The van der Waals surface area contributed by atoms with E-state index in [-0.39, 0.29) is 4.90 Å². The molecule has 0 aromatic heterocycles. The number of benzene rings is 1. The second-order valence-corrected chi connectivity index (χ2v) is 10.8. The van der Waals surface area contributed by atoms with Crippen molar-refractivity contribution in [3.8, 4) is 0 Å². The largest absolute Gasteiger partial charge is 0.390 e. The highest BCUT2D eigenvalue weighted by atomic mass is 79.9. The predicted molar refractivity (Wildman–Crippen MR) is 91.3 cm³/mol. The molecule has 1 fully saturated rings. The molecule has 0 radical (unpaired) electrons. The Morgan fingerprint density at radius 3 is 2.39 bits per heavy atom. The van der Waals surface area contributed by atoms with Gasteiger partial charge in [-0.25, -0.2) is 16.8 Å². The standard InChI is InChI=1S/C11H15Br2N3O5S2/c1-15(14)16(9-5-22(18,19)6-10(9)17)23(20,21)11-4-7(12)2-3-8(11)13/h2-4,9-10,17H,5-6,14H2,1H3/t9-,10+/m1/s1. The third-order valence-corrected chi connectivity index (χ3v) is 8.37. The fraction of sp³-hybridized carbons (Fsp3) is 0.455. The Kier molecular flexibility index (Phi) is 5.58. The first kappa shape index (κ1) is 19.2. The molecule has 2 atom stereocenters. The highest BCUT2D eigenvalue weighted by molar-refractivity contribution is 9.11. The van der Waals surface area contributed by atoms with Crippen LogP contribution >= 0.6 is 31.9 Å². The van der Waals surface area contributed by atoms with Crippen molar-refractivity contribution < 1.29 is 21.9 Å². The van der Waals surface area contributed by atoms with E-state index in [1.165, 1.54) is 19.2 Å². The van der Waals surface area contributed by atoms with Gasteiger partial charge in [0.25, 0.3) is 10.0 Å². The zero-order valence-electron chi connectivity index (χ0n) is 11.9. The normalized spacial score (nSPS) is 24.5. The third kappa shape index (κ3) is 3.95. The van der Waals surface area contributed by atoms with Gasteiger partial charge in [0.2, 0.25) is 0 Å². The molecule has 3 N–H and O–H groups in total. The van der Waals surface area contributed by atoms with Crippen LogP contribution in [-0.2, 0) is 19.9 Å². The number of sulfone groups is 1. The zero-order valence-corrected chi connectivity index (χ0v) is 16.7. The zero-order chi connectivity index (χ0) is 17.6. The van der Waals surface area contributed by atoms with Gasteiger partial charge in [0.1, 0.15) is 0 Å². The van der Waals surface area contributed by atoms with Crippen molar-refractivity contribution in [3.05, 3.63) is 27.1 Å². The van der Waals surface area contributed by atoms with Crippen molar-refractivity contribution in [2.75, 3.05) is 18.6 Å². The summed E-state index contributed by atoms with van der Waals surface area (Å²) in [5.41, 5.74) is 0. The molecule has 1 aromatic rings. The molecule has 0 spiro atoms. The summed E-state index contributed by atoms with van der Waals surface area (Å²) in [6.45, 7) is 0. The Labute approximate surface area is 151 Å². The Bertz CT molecular complexity index is 813. The van der Waals surface area contributed by atoms with Gasteiger partial charge in [0.15, 0.2) is 9.84 Å². The number of aliphatic hydroxyl groups is 1. The highest BCUT2D eigenvalue weighted by Crippen LogP contribution is 2.31. The summed E-state index contributed by atoms with van der Waals surface area (Å²) >= 11 is 6.36. The molecule has 0 aliphatic carbocycles. The summed E-state index contributed by atoms with van der Waals surface area (Å²) in [7, 11) is -6.47. The molecule has 12 heteroatoms. The van der Waals surface area contributed by atoms with E-state index in [0.29, 0.717) is 13.4 Å². The number of hydrazine groups is 2. The maximum Gasteiger partial charge on any atom is 0.258 e. The SMILES string of the molecule is CN(N)N([C@@H]1CS(=O)(=O)C[C@@H]1O)S(=O)(=O)c1cc(Br)ccc1Br. The number of sulfonamides is 1. The van der Waals surface area contributed by atoms with Crippen LogP contribution in [0.15, 0.2) is 32.0 Å². The van der Waals surface area contributed by atoms with Crippen molar-refractivity contribution >= 4 is 51.7 Å². The van der Waals surface area contributed by atoms with E-state index >= 15 is 0 Å². The lowest BCUT2D eigenvalue weighted by atomic mass is 10.2. The summed E-state index contributed by atoms with van der Waals surface area (Å²) < 4.78 is 50.8. The second-order valence-electron chi connectivity index (χ2n) is 5.14. The average molecular weight is 493 g/mol. The molecule has 1 aliphatic heterocycles. The van der Waals surface area contributed by atoms with Gasteiger partial charge >= 0.3 is 0 Å². The van der Waals surface area contributed by atoms with E-state index in [2.05, 4.69) is 31.9 Å². The molecule has 0 bridgehead atoms. The van der Waals surface area contributed by atoms with Crippen LogP contribution in [0.25, 0.3) is 0 Å². The molecule has 0 saturated carbocycles. The summed E-state index contributed by atoms with van der Waals surface area (Å²) in [4.78, 5) is -0.0966. The molecular weight excluding hydrogens is 478 g/mol. The van der Waals surface area contributed by atoms with Crippen LogP contribution in [0, 0.1) is 0 Å². The number of nitrogens with two attached hydrogens (primary N) is 1. The number of halogens is 2. The second kappa shape index (κ2) is 6.67. The van der Waals surface area contributed by atoms with Gasteiger partial charge in [-0.15, -0.1) is 4.41 Å². The molecule has 23 heavy (non-hydrogen) atoms. The van der Waals surface area contributed by atoms with Gasteiger partial charge in [-0.05, 0) is 34.1 Å². The van der Waals surface area contributed by atoms with E-state index in [0.717, 1.165) is 5.12 Å². The van der Waals surface area contributed by atoms with Gasteiger partial charge in [0, 0.05) is 16.0 Å². The molecule has 1 heterocycles. The fourth-order valence-corrected chi connectivity index (χ4v) is 7.31. The van der Waals surface area contributed by atoms with Crippen LogP contribution in [0.1, 0.15) is 0 Å². The molecule has 1 aromatic carbocycles.